The Balaban J connectivity index is 1.60. The number of rotatable bonds is 7. The summed E-state index contributed by atoms with van der Waals surface area (Å²) in [7, 11) is 3.18. The molecule has 0 saturated carbocycles. The van der Waals surface area contributed by atoms with Crippen molar-refractivity contribution in [3.63, 3.8) is 0 Å². The summed E-state index contributed by atoms with van der Waals surface area (Å²) in [6.07, 6.45) is 2.20. The molecular formula is C28H32N6O4. The molecule has 0 atom stereocenters. The minimum Gasteiger partial charge on any atom is -0.493 e. The Morgan fingerprint density at radius 1 is 1.03 bits per heavy atom. The Morgan fingerprint density at radius 2 is 1.79 bits per heavy atom. The molecule has 0 radical (unpaired) electrons. The first-order chi connectivity index (χ1) is 18.4. The van der Waals surface area contributed by atoms with Crippen LogP contribution in [0.1, 0.15) is 22.8 Å². The molecule has 0 spiro atoms. The lowest BCUT2D eigenvalue weighted by Gasteiger charge is -2.34. The number of carbonyl (C=O) groups is 1. The highest BCUT2D eigenvalue weighted by molar-refractivity contribution is 5.97. The number of pyridine rings is 2. The van der Waals surface area contributed by atoms with Gasteiger partial charge in [0, 0.05) is 38.9 Å². The van der Waals surface area contributed by atoms with E-state index in [-0.39, 0.29) is 22.5 Å². The van der Waals surface area contributed by atoms with E-state index in [1.54, 1.807) is 48.1 Å². The lowest BCUT2D eigenvalue weighted by molar-refractivity contribution is 0.0640. The van der Waals surface area contributed by atoms with Gasteiger partial charge in [0.05, 0.1) is 25.2 Å². The molecule has 10 nitrogen and oxygen atoms in total. The monoisotopic (exact) mass is 516 g/mol. The number of fused-ring (bicyclic) bond motifs is 2. The van der Waals surface area contributed by atoms with E-state index in [9.17, 15) is 9.59 Å². The van der Waals surface area contributed by atoms with Crippen molar-refractivity contribution >= 4 is 22.6 Å². The van der Waals surface area contributed by atoms with Crippen LogP contribution in [0.25, 0.3) is 16.7 Å². The molecule has 198 valence electrons. The molecule has 4 aromatic rings. The Kier molecular flexibility index (Phi) is 7.15. The fraction of sp³-hybridized carbons (Fsp3) is 0.357. The predicted molar refractivity (Wildman–Crippen MR) is 144 cm³/mol. The van der Waals surface area contributed by atoms with E-state index >= 15 is 0 Å². The molecule has 0 aliphatic carbocycles. The van der Waals surface area contributed by atoms with Crippen LogP contribution in [-0.4, -0.2) is 76.6 Å². The molecule has 10 heteroatoms. The Morgan fingerprint density at radius 3 is 2.50 bits per heavy atom. The molecule has 1 saturated heterocycles. The van der Waals surface area contributed by atoms with Gasteiger partial charge in [-0.15, -0.1) is 0 Å². The van der Waals surface area contributed by atoms with Crippen LogP contribution in [0.4, 0.5) is 0 Å². The average molecular weight is 517 g/mol. The van der Waals surface area contributed by atoms with Gasteiger partial charge in [0.1, 0.15) is 16.8 Å². The van der Waals surface area contributed by atoms with Gasteiger partial charge in [0.15, 0.2) is 11.5 Å². The molecule has 38 heavy (non-hydrogen) atoms. The predicted octanol–water partition coefficient (Wildman–Crippen LogP) is 2.17. The molecule has 1 aliphatic heterocycles. The third-order valence-electron chi connectivity index (χ3n) is 7.23. The van der Waals surface area contributed by atoms with Crippen molar-refractivity contribution in [1.82, 2.24) is 23.8 Å². The van der Waals surface area contributed by atoms with Gasteiger partial charge in [-0.1, -0.05) is 19.1 Å². The van der Waals surface area contributed by atoms with Crippen LogP contribution in [0.3, 0.4) is 0 Å². The maximum absolute atomic E-state index is 13.6. The zero-order valence-corrected chi connectivity index (χ0v) is 21.9. The number of aromatic nitrogens is 3. The van der Waals surface area contributed by atoms with E-state index < -0.39 is 0 Å². The minimum absolute atomic E-state index is 0.0491. The van der Waals surface area contributed by atoms with Crippen molar-refractivity contribution in [1.29, 1.82) is 5.41 Å². The molecule has 4 heterocycles. The zero-order valence-electron chi connectivity index (χ0n) is 21.9. The van der Waals surface area contributed by atoms with E-state index in [1.165, 1.54) is 4.40 Å². The summed E-state index contributed by atoms with van der Waals surface area (Å²) < 4.78 is 13.9. The molecule has 3 aromatic heterocycles. The number of likely N-dealkylation sites (N-methyl/N-ethyl adjacent to an activating group) is 1. The molecule has 1 aliphatic rings. The second kappa shape index (κ2) is 10.7. The third-order valence-corrected chi connectivity index (χ3v) is 7.23. The first-order valence-electron chi connectivity index (χ1n) is 12.8. The van der Waals surface area contributed by atoms with Gasteiger partial charge in [0.25, 0.3) is 11.5 Å². The van der Waals surface area contributed by atoms with Crippen LogP contribution in [-0.2, 0) is 13.0 Å². The van der Waals surface area contributed by atoms with Gasteiger partial charge in [-0.3, -0.25) is 19.4 Å². The summed E-state index contributed by atoms with van der Waals surface area (Å²) in [6, 6.07) is 12.6. The molecule has 1 N–H and O–H groups in total. The van der Waals surface area contributed by atoms with Crippen LogP contribution < -0.4 is 20.5 Å². The highest BCUT2D eigenvalue weighted by atomic mass is 16.5. The number of ether oxygens (including phenoxy) is 2. The van der Waals surface area contributed by atoms with Crippen molar-refractivity contribution in [2.45, 2.75) is 19.9 Å². The van der Waals surface area contributed by atoms with Crippen LogP contribution in [0, 0.1) is 5.41 Å². The summed E-state index contributed by atoms with van der Waals surface area (Å²) >= 11 is 0. The number of nitrogens with one attached hydrogen (secondary N) is 1. The first-order valence-corrected chi connectivity index (χ1v) is 12.8. The van der Waals surface area contributed by atoms with Gasteiger partial charge >= 0.3 is 0 Å². The van der Waals surface area contributed by atoms with Crippen LogP contribution in [0.5, 0.6) is 11.5 Å². The topological polar surface area (TPSA) is 105 Å². The van der Waals surface area contributed by atoms with E-state index in [0.717, 1.165) is 25.2 Å². The van der Waals surface area contributed by atoms with Gasteiger partial charge in [0.2, 0.25) is 0 Å². The van der Waals surface area contributed by atoms with Crippen LogP contribution in [0.2, 0.25) is 0 Å². The maximum Gasteiger partial charge on any atom is 0.267 e. The normalized spacial score (nSPS) is 14.2. The number of benzene rings is 1. The number of nitrogens with zero attached hydrogens (tertiary/aromatic N) is 5. The first kappa shape index (κ1) is 25.5. The SMILES string of the molecule is CCN1CCN(C(=O)c2cc3c(=O)n4ccccc4nc3n(CCc3ccc(OC)c(OC)c3)c2=N)CC1. The highest BCUT2D eigenvalue weighted by Crippen LogP contribution is 2.28. The number of piperazine rings is 1. The molecular weight excluding hydrogens is 484 g/mol. The Bertz CT molecular complexity index is 1620. The fourth-order valence-electron chi connectivity index (χ4n) is 4.98. The summed E-state index contributed by atoms with van der Waals surface area (Å²) in [4.78, 5) is 35.9. The Hall–Kier alpha value is -4.18. The third kappa shape index (κ3) is 4.63. The standard InChI is InChI=1S/C28H32N6O4/c1-4-31-13-15-32(16-14-31)27(35)20-18-21-26(30-24-7-5-6-11-33(24)28(21)36)34(25(20)29)12-10-19-8-9-22(37-2)23(17-19)38-3/h5-9,11,17-18,29H,4,10,12-16H2,1-3H3. The van der Waals surface area contributed by atoms with E-state index in [1.807, 2.05) is 24.3 Å². The smallest absolute Gasteiger partial charge is 0.267 e. The quantitative estimate of drug-likeness (QED) is 0.378. The van der Waals surface area contributed by atoms with Gasteiger partial charge < -0.3 is 23.8 Å². The summed E-state index contributed by atoms with van der Waals surface area (Å²) in [5.74, 6) is 1.01. The number of aryl methyl sites for hydroxylation is 2. The number of hydrogen-bond donors (Lipinski definition) is 1. The molecule has 1 amide bonds. The van der Waals surface area contributed by atoms with Crippen molar-refractivity contribution in [3.05, 3.63) is 75.6 Å². The Labute approximate surface area is 220 Å². The number of methoxy groups -OCH3 is 2. The lowest BCUT2D eigenvalue weighted by Crippen LogP contribution is -2.49. The molecule has 5 rings (SSSR count). The van der Waals surface area contributed by atoms with Gasteiger partial charge in [-0.25, -0.2) is 4.98 Å². The van der Waals surface area contributed by atoms with E-state index in [0.29, 0.717) is 54.2 Å². The lowest BCUT2D eigenvalue weighted by atomic mass is 10.1. The number of amides is 1. The van der Waals surface area contributed by atoms with Gasteiger partial charge in [-0.2, -0.15) is 0 Å². The minimum atomic E-state index is -0.268. The summed E-state index contributed by atoms with van der Waals surface area (Å²) in [5, 5.41) is 9.36. The largest absolute Gasteiger partial charge is 0.493 e. The molecule has 0 bridgehead atoms. The highest BCUT2D eigenvalue weighted by Gasteiger charge is 2.25. The molecule has 1 fully saturated rings. The molecule has 0 unspecified atom stereocenters. The second-order valence-corrected chi connectivity index (χ2v) is 9.31. The summed E-state index contributed by atoms with van der Waals surface area (Å²) in [5.41, 5.74) is 1.83. The van der Waals surface area contributed by atoms with Crippen molar-refractivity contribution in [2.24, 2.45) is 0 Å². The van der Waals surface area contributed by atoms with Gasteiger partial charge in [-0.05, 0) is 48.9 Å². The van der Waals surface area contributed by atoms with E-state index in [4.69, 9.17) is 19.9 Å². The zero-order chi connectivity index (χ0) is 26.8. The van der Waals surface area contributed by atoms with Crippen LogP contribution in [0.15, 0.2) is 53.5 Å². The average Bonchev–Trinajstić information content (AvgIpc) is 2.96. The van der Waals surface area contributed by atoms with Crippen molar-refractivity contribution in [3.8, 4) is 11.5 Å². The van der Waals surface area contributed by atoms with E-state index in [2.05, 4.69) is 11.8 Å². The maximum atomic E-state index is 13.6. The number of hydrogen-bond acceptors (Lipinski definition) is 7. The number of carbonyl (C=O) groups excluding carboxylic acids is 1. The van der Waals surface area contributed by atoms with Crippen molar-refractivity contribution < 1.29 is 14.3 Å². The second-order valence-electron chi connectivity index (χ2n) is 9.31. The fourth-order valence-corrected chi connectivity index (χ4v) is 4.98. The van der Waals surface area contributed by atoms with Crippen LogP contribution >= 0.6 is 0 Å². The summed E-state index contributed by atoms with van der Waals surface area (Å²) in [6.45, 7) is 6.15. The molecule has 1 aromatic carbocycles. The van der Waals surface area contributed by atoms with Crippen molar-refractivity contribution in [2.75, 3.05) is 46.9 Å².